The first-order chi connectivity index (χ1) is 18.5. The van der Waals surface area contributed by atoms with E-state index in [9.17, 15) is 0 Å². The van der Waals surface area contributed by atoms with Crippen LogP contribution in [0.5, 0.6) is 5.75 Å². The normalized spacial score (nSPS) is 12.4. The van der Waals surface area contributed by atoms with Gasteiger partial charge in [-0.15, -0.1) is 0 Å². The minimum absolute atomic E-state index is 0.128. The van der Waals surface area contributed by atoms with Crippen molar-refractivity contribution in [2.45, 2.75) is 52.6 Å². The standard InChI is InChI=1S/C34H34N4O/c1-33(2,3)25-13-7-21(8-14-25)31-35-27-17-11-23(19-29(27)37-31)24-12-18-28-30(20-24)38-32(36-28)22-9-15-26(16-10-22)39-34(4,5)6/h7-20H,1-6H3,(H,35,37)(H,36,38). The Morgan fingerprint density at radius 2 is 0.974 bits per heavy atom. The average Bonchev–Trinajstić information content (AvgIpc) is 3.51. The average molecular weight is 515 g/mol. The van der Waals surface area contributed by atoms with E-state index in [0.717, 1.165) is 61.7 Å². The molecule has 0 saturated carbocycles. The van der Waals surface area contributed by atoms with Crippen molar-refractivity contribution in [3.8, 4) is 39.7 Å². The van der Waals surface area contributed by atoms with Crippen LogP contribution in [0.4, 0.5) is 0 Å². The molecule has 2 N–H and O–H groups in total. The number of nitrogens with one attached hydrogen (secondary N) is 2. The maximum Gasteiger partial charge on any atom is 0.138 e. The first-order valence-electron chi connectivity index (χ1n) is 13.4. The monoisotopic (exact) mass is 514 g/mol. The van der Waals surface area contributed by atoms with E-state index in [1.54, 1.807) is 0 Å². The molecule has 6 aromatic rings. The van der Waals surface area contributed by atoms with Crippen molar-refractivity contribution in [3.05, 3.63) is 90.5 Å². The highest BCUT2D eigenvalue weighted by molar-refractivity contribution is 5.88. The predicted molar refractivity (Wildman–Crippen MR) is 161 cm³/mol. The summed E-state index contributed by atoms with van der Waals surface area (Å²) in [6.07, 6.45) is 0. The molecule has 196 valence electrons. The second-order valence-electron chi connectivity index (χ2n) is 12.2. The number of imidazole rings is 2. The summed E-state index contributed by atoms with van der Waals surface area (Å²) in [6.45, 7) is 12.8. The van der Waals surface area contributed by atoms with Gasteiger partial charge in [0.25, 0.3) is 0 Å². The van der Waals surface area contributed by atoms with Crippen molar-refractivity contribution in [1.82, 2.24) is 19.9 Å². The van der Waals surface area contributed by atoms with Gasteiger partial charge in [0.2, 0.25) is 0 Å². The molecule has 2 heterocycles. The molecule has 0 spiro atoms. The van der Waals surface area contributed by atoms with Crippen LogP contribution < -0.4 is 4.74 Å². The molecule has 0 fully saturated rings. The zero-order chi connectivity index (χ0) is 27.4. The van der Waals surface area contributed by atoms with Crippen LogP contribution in [0.1, 0.15) is 47.1 Å². The van der Waals surface area contributed by atoms with Gasteiger partial charge in [0.05, 0.1) is 22.1 Å². The third kappa shape index (κ3) is 5.17. The van der Waals surface area contributed by atoms with E-state index in [1.165, 1.54) is 5.56 Å². The number of fused-ring (bicyclic) bond motifs is 2. The Balaban J connectivity index is 1.27. The maximum atomic E-state index is 5.95. The van der Waals surface area contributed by atoms with Gasteiger partial charge in [-0.1, -0.05) is 57.2 Å². The highest BCUT2D eigenvalue weighted by atomic mass is 16.5. The van der Waals surface area contributed by atoms with E-state index in [1.807, 2.05) is 45.0 Å². The fourth-order valence-electron chi connectivity index (χ4n) is 4.81. The molecule has 4 aromatic carbocycles. The topological polar surface area (TPSA) is 66.6 Å². The van der Waals surface area contributed by atoms with Gasteiger partial charge in [-0.2, -0.15) is 0 Å². The van der Waals surface area contributed by atoms with Crippen molar-refractivity contribution in [3.63, 3.8) is 0 Å². The maximum absolute atomic E-state index is 5.95. The SMILES string of the molecule is CC(C)(C)Oc1ccc(-c2nc3ccc(-c4ccc5nc(-c6ccc(C(C)(C)C)cc6)[nH]c5c4)cc3[nH]2)cc1. The minimum Gasteiger partial charge on any atom is -0.488 e. The van der Waals surface area contributed by atoms with Gasteiger partial charge in [-0.3, -0.25) is 0 Å². The predicted octanol–water partition coefficient (Wildman–Crippen LogP) is 8.92. The third-order valence-corrected chi connectivity index (χ3v) is 6.87. The smallest absolute Gasteiger partial charge is 0.138 e. The van der Waals surface area contributed by atoms with Gasteiger partial charge in [0.15, 0.2) is 0 Å². The molecule has 6 rings (SSSR count). The third-order valence-electron chi connectivity index (χ3n) is 6.87. The lowest BCUT2D eigenvalue weighted by Gasteiger charge is -2.21. The fraction of sp³-hybridized carbons (Fsp3) is 0.235. The van der Waals surface area contributed by atoms with Crippen molar-refractivity contribution in [2.24, 2.45) is 0 Å². The molecule has 2 aromatic heterocycles. The van der Waals surface area contributed by atoms with Crippen LogP contribution >= 0.6 is 0 Å². The molecule has 0 amide bonds. The summed E-state index contributed by atoms with van der Waals surface area (Å²) >= 11 is 0. The number of H-pyrrole nitrogens is 2. The summed E-state index contributed by atoms with van der Waals surface area (Å²) < 4.78 is 5.95. The minimum atomic E-state index is -0.226. The van der Waals surface area contributed by atoms with Crippen molar-refractivity contribution in [1.29, 1.82) is 0 Å². The lowest BCUT2D eigenvalue weighted by Crippen LogP contribution is -2.22. The molecule has 5 nitrogen and oxygen atoms in total. The van der Waals surface area contributed by atoms with Crippen LogP contribution in [0, 0.1) is 0 Å². The van der Waals surface area contributed by atoms with E-state index < -0.39 is 0 Å². The Bertz CT molecular complexity index is 1780. The van der Waals surface area contributed by atoms with Crippen LogP contribution in [0.15, 0.2) is 84.9 Å². The molecule has 0 aliphatic carbocycles. The lowest BCUT2D eigenvalue weighted by atomic mass is 9.87. The first kappa shape index (κ1) is 24.9. The van der Waals surface area contributed by atoms with Crippen molar-refractivity contribution >= 4 is 22.1 Å². The van der Waals surface area contributed by atoms with E-state index in [2.05, 4.69) is 91.4 Å². The van der Waals surface area contributed by atoms with Gasteiger partial charge in [-0.25, -0.2) is 9.97 Å². The molecule has 0 unspecified atom stereocenters. The van der Waals surface area contributed by atoms with E-state index in [4.69, 9.17) is 14.7 Å². The Hall–Kier alpha value is -4.38. The van der Waals surface area contributed by atoms with E-state index in [-0.39, 0.29) is 11.0 Å². The van der Waals surface area contributed by atoms with Gasteiger partial charge < -0.3 is 14.7 Å². The number of aromatic amines is 2. The summed E-state index contributed by atoms with van der Waals surface area (Å²) in [6, 6.07) is 29.5. The molecule has 39 heavy (non-hydrogen) atoms. The zero-order valence-corrected chi connectivity index (χ0v) is 23.4. The number of hydrogen-bond acceptors (Lipinski definition) is 3. The second-order valence-corrected chi connectivity index (χ2v) is 12.2. The Labute approximate surface area is 229 Å². The van der Waals surface area contributed by atoms with Gasteiger partial charge in [0, 0.05) is 11.1 Å². The van der Waals surface area contributed by atoms with E-state index >= 15 is 0 Å². The van der Waals surface area contributed by atoms with Gasteiger partial charge in [-0.05, 0) is 91.4 Å². The molecule has 0 saturated heterocycles. The summed E-state index contributed by atoms with van der Waals surface area (Å²) in [5, 5.41) is 0. The summed E-state index contributed by atoms with van der Waals surface area (Å²) in [5.74, 6) is 2.58. The molecular weight excluding hydrogens is 480 g/mol. The number of hydrogen-bond donors (Lipinski definition) is 2. The lowest BCUT2D eigenvalue weighted by molar-refractivity contribution is 0.131. The van der Waals surface area contributed by atoms with E-state index in [0.29, 0.717) is 0 Å². The highest BCUT2D eigenvalue weighted by Gasteiger charge is 2.15. The molecular formula is C34H34N4O. The van der Waals surface area contributed by atoms with Gasteiger partial charge >= 0.3 is 0 Å². The molecule has 0 aliphatic rings. The number of rotatable bonds is 4. The Kier molecular flexibility index (Phi) is 5.83. The summed E-state index contributed by atoms with van der Waals surface area (Å²) in [4.78, 5) is 16.7. The van der Waals surface area contributed by atoms with Crippen molar-refractivity contribution < 1.29 is 4.74 Å². The Morgan fingerprint density at radius 3 is 1.41 bits per heavy atom. The number of ether oxygens (including phenoxy) is 1. The first-order valence-corrected chi connectivity index (χ1v) is 13.4. The highest BCUT2D eigenvalue weighted by Crippen LogP contribution is 2.31. The van der Waals surface area contributed by atoms with Crippen LogP contribution in [0.25, 0.3) is 56.0 Å². The number of nitrogens with zero attached hydrogens (tertiary/aromatic N) is 2. The fourth-order valence-corrected chi connectivity index (χ4v) is 4.81. The Morgan fingerprint density at radius 1 is 0.538 bits per heavy atom. The van der Waals surface area contributed by atoms with Crippen LogP contribution in [0.3, 0.4) is 0 Å². The number of aromatic nitrogens is 4. The quantitative estimate of drug-likeness (QED) is 0.247. The molecule has 0 atom stereocenters. The van der Waals surface area contributed by atoms with Crippen molar-refractivity contribution in [2.75, 3.05) is 0 Å². The van der Waals surface area contributed by atoms with Crippen LogP contribution in [-0.2, 0) is 5.41 Å². The van der Waals surface area contributed by atoms with Crippen LogP contribution in [-0.4, -0.2) is 25.5 Å². The molecule has 0 bridgehead atoms. The largest absolute Gasteiger partial charge is 0.488 e. The summed E-state index contributed by atoms with van der Waals surface area (Å²) in [7, 11) is 0. The number of benzene rings is 4. The molecule has 0 aliphatic heterocycles. The summed E-state index contributed by atoms with van der Waals surface area (Å²) in [5.41, 5.74) is 9.49. The molecule has 0 radical (unpaired) electrons. The zero-order valence-electron chi connectivity index (χ0n) is 23.4. The second kappa shape index (κ2) is 9.12. The van der Waals surface area contributed by atoms with Crippen LogP contribution in [0.2, 0.25) is 0 Å². The molecule has 5 heteroatoms. The van der Waals surface area contributed by atoms with Gasteiger partial charge in [0.1, 0.15) is 23.0 Å².